The van der Waals surface area contributed by atoms with Crippen molar-refractivity contribution in [1.82, 2.24) is 16.0 Å². The molecule has 0 bridgehead atoms. The molecule has 0 aromatic carbocycles. The highest BCUT2D eigenvalue weighted by atomic mass is 16.7. The molecule has 0 aromatic heterocycles. The van der Waals surface area contributed by atoms with E-state index < -0.39 is 129 Å². The maximum absolute atomic E-state index is 12.1. The Hall–Kier alpha value is -2.11. The number of hydrogen-bond acceptors (Lipinski definition) is 16. The topological polar surface area (TPSA) is 295 Å². The molecule has 3 rings (SSSR count). The maximum atomic E-state index is 12.1. The zero-order valence-corrected chi connectivity index (χ0v) is 23.6. The van der Waals surface area contributed by atoms with Gasteiger partial charge < -0.3 is 80.5 Å². The van der Waals surface area contributed by atoms with E-state index in [-0.39, 0.29) is 0 Å². The van der Waals surface area contributed by atoms with E-state index in [1.165, 1.54) is 0 Å². The van der Waals surface area contributed by atoms with Crippen molar-refractivity contribution >= 4 is 17.7 Å². The molecule has 3 saturated heterocycles. The van der Waals surface area contributed by atoms with Crippen molar-refractivity contribution in [3.63, 3.8) is 0 Å². The Balaban J connectivity index is 1.92. The van der Waals surface area contributed by atoms with Crippen LogP contribution < -0.4 is 16.0 Å². The fourth-order valence-electron chi connectivity index (χ4n) is 5.27. The molecule has 0 aromatic rings. The summed E-state index contributed by atoms with van der Waals surface area (Å²) >= 11 is 0. The van der Waals surface area contributed by atoms with E-state index in [0.717, 1.165) is 20.8 Å². The van der Waals surface area contributed by atoms with Gasteiger partial charge in [-0.1, -0.05) is 0 Å². The van der Waals surface area contributed by atoms with Gasteiger partial charge in [-0.2, -0.15) is 0 Å². The zero-order chi connectivity index (χ0) is 32.2. The first kappa shape index (κ1) is 35.4. The molecule has 3 aliphatic heterocycles. The van der Waals surface area contributed by atoms with Gasteiger partial charge in [0, 0.05) is 20.8 Å². The second-order valence-corrected chi connectivity index (χ2v) is 10.5. The van der Waals surface area contributed by atoms with Gasteiger partial charge in [-0.15, -0.1) is 0 Å². The quantitative estimate of drug-likeness (QED) is 0.107. The Bertz CT molecular complexity index is 962. The number of hydrogen-bond donors (Lipinski definition) is 11. The van der Waals surface area contributed by atoms with Crippen molar-refractivity contribution in [2.24, 2.45) is 0 Å². The highest BCUT2D eigenvalue weighted by Crippen LogP contribution is 2.32. The van der Waals surface area contributed by atoms with Crippen LogP contribution in [0.4, 0.5) is 0 Å². The van der Waals surface area contributed by atoms with Gasteiger partial charge in [-0.05, 0) is 0 Å². The highest BCUT2D eigenvalue weighted by molar-refractivity contribution is 5.74. The largest absolute Gasteiger partial charge is 0.394 e. The normalized spacial score (nSPS) is 43.5. The number of rotatable bonds is 10. The van der Waals surface area contributed by atoms with E-state index in [1.54, 1.807) is 0 Å². The fourth-order valence-corrected chi connectivity index (χ4v) is 5.27. The number of aliphatic hydroxyl groups excluding tert-OH is 8. The molecule has 15 atom stereocenters. The van der Waals surface area contributed by atoms with Gasteiger partial charge in [0.2, 0.25) is 17.7 Å². The Labute approximate surface area is 245 Å². The number of carbonyl (C=O) groups is 3. The van der Waals surface area contributed by atoms with Gasteiger partial charge in [-0.25, -0.2) is 0 Å². The maximum Gasteiger partial charge on any atom is 0.217 e. The van der Waals surface area contributed by atoms with Crippen molar-refractivity contribution in [3.8, 4) is 0 Å². The van der Waals surface area contributed by atoms with Crippen LogP contribution in [0, 0.1) is 0 Å². The number of carbonyl (C=O) groups excluding carboxylic acids is 3. The number of nitrogens with one attached hydrogen (secondary N) is 3. The molecule has 0 saturated carbocycles. The van der Waals surface area contributed by atoms with Gasteiger partial charge in [0.1, 0.15) is 73.1 Å². The summed E-state index contributed by atoms with van der Waals surface area (Å²) in [6.45, 7) is 0.996. The van der Waals surface area contributed by atoms with Crippen LogP contribution in [0.25, 0.3) is 0 Å². The summed E-state index contributed by atoms with van der Waals surface area (Å²) in [5.74, 6) is -1.98. The summed E-state index contributed by atoms with van der Waals surface area (Å²) in [5, 5.41) is 90.0. The zero-order valence-electron chi connectivity index (χ0n) is 23.6. The minimum atomic E-state index is -1.78. The average molecular weight is 628 g/mol. The van der Waals surface area contributed by atoms with Crippen LogP contribution in [0.5, 0.6) is 0 Å². The molecule has 0 spiro atoms. The van der Waals surface area contributed by atoms with Gasteiger partial charge in [0.05, 0.1) is 19.8 Å². The van der Waals surface area contributed by atoms with Crippen LogP contribution in [-0.2, 0) is 38.1 Å². The second kappa shape index (κ2) is 15.3. The van der Waals surface area contributed by atoms with Gasteiger partial charge in [-0.3, -0.25) is 14.4 Å². The van der Waals surface area contributed by atoms with Gasteiger partial charge in [0.15, 0.2) is 18.9 Å². The van der Waals surface area contributed by atoms with E-state index in [4.69, 9.17) is 23.7 Å². The summed E-state index contributed by atoms with van der Waals surface area (Å²) < 4.78 is 28.2. The van der Waals surface area contributed by atoms with E-state index in [2.05, 4.69) is 16.0 Å². The van der Waals surface area contributed by atoms with Gasteiger partial charge in [0.25, 0.3) is 0 Å². The minimum absolute atomic E-state index is 0.643. The number of aliphatic hydroxyl groups is 8. The first-order valence-corrected chi connectivity index (χ1v) is 13.5. The van der Waals surface area contributed by atoms with Gasteiger partial charge >= 0.3 is 0 Å². The predicted molar refractivity (Wildman–Crippen MR) is 136 cm³/mol. The summed E-state index contributed by atoms with van der Waals surface area (Å²) in [4.78, 5) is 35.7. The molecule has 19 nitrogen and oxygen atoms in total. The lowest BCUT2D eigenvalue weighted by Crippen LogP contribution is -2.71. The smallest absolute Gasteiger partial charge is 0.217 e. The van der Waals surface area contributed by atoms with Crippen molar-refractivity contribution in [1.29, 1.82) is 0 Å². The summed E-state index contributed by atoms with van der Waals surface area (Å²) in [6.07, 6.45) is -19.1. The van der Waals surface area contributed by atoms with Crippen molar-refractivity contribution in [2.75, 3.05) is 19.8 Å². The molecule has 0 unspecified atom stereocenters. The molecule has 11 N–H and O–H groups in total. The molecule has 19 heteroatoms. The molecule has 0 radical (unpaired) electrons. The SMILES string of the molecule is CC(=O)N[C@@H]1[C@@H](O[C@H]2O[C@H](CO)[C@H](O[C@H]3O[C@H](CO)[C@H](O)[C@H](O)[C@H]3NC(C)=O)[C@H](O)[C@H]2NC(C)=O)[C@@H](O)[C@@H](CO)O[C@@H]1O. The highest BCUT2D eigenvalue weighted by Gasteiger charge is 2.54. The fraction of sp³-hybridized carbons (Fsp3) is 0.875. The minimum Gasteiger partial charge on any atom is -0.394 e. The Morgan fingerprint density at radius 3 is 1.47 bits per heavy atom. The summed E-state index contributed by atoms with van der Waals surface area (Å²) in [7, 11) is 0. The van der Waals surface area contributed by atoms with Crippen molar-refractivity contribution < 1.29 is 78.9 Å². The second-order valence-electron chi connectivity index (χ2n) is 10.5. The Morgan fingerprint density at radius 1 is 0.558 bits per heavy atom. The first-order chi connectivity index (χ1) is 20.2. The lowest BCUT2D eigenvalue weighted by molar-refractivity contribution is -0.349. The summed E-state index contributed by atoms with van der Waals surface area (Å²) in [6, 6.07) is -4.33. The molecule has 3 heterocycles. The molecule has 3 fully saturated rings. The third-order valence-corrected chi connectivity index (χ3v) is 7.30. The molecule has 3 aliphatic rings. The van der Waals surface area contributed by atoms with Crippen molar-refractivity contribution in [2.45, 2.75) is 113 Å². The Morgan fingerprint density at radius 2 is 0.977 bits per heavy atom. The molecule has 3 amide bonds. The average Bonchev–Trinajstić information content (AvgIpc) is 2.94. The van der Waals surface area contributed by atoms with Crippen LogP contribution in [0.1, 0.15) is 20.8 Å². The molecular formula is C24H41N3O16. The lowest BCUT2D eigenvalue weighted by Gasteiger charge is -2.50. The number of amides is 3. The van der Waals surface area contributed by atoms with E-state index in [0.29, 0.717) is 0 Å². The Kier molecular flexibility index (Phi) is 12.5. The molecule has 0 aliphatic carbocycles. The van der Waals surface area contributed by atoms with Crippen LogP contribution >= 0.6 is 0 Å². The third kappa shape index (κ3) is 8.14. The van der Waals surface area contributed by atoms with Crippen molar-refractivity contribution in [3.05, 3.63) is 0 Å². The van der Waals surface area contributed by atoms with Crippen LogP contribution in [0.3, 0.4) is 0 Å². The van der Waals surface area contributed by atoms with Crippen LogP contribution in [0.15, 0.2) is 0 Å². The summed E-state index contributed by atoms with van der Waals surface area (Å²) in [5.41, 5.74) is 0. The predicted octanol–water partition coefficient (Wildman–Crippen LogP) is -7.14. The molecule has 43 heavy (non-hydrogen) atoms. The van der Waals surface area contributed by atoms with Crippen LogP contribution in [0.2, 0.25) is 0 Å². The van der Waals surface area contributed by atoms with E-state index >= 15 is 0 Å². The van der Waals surface area contributed by atoms with E-state index in [9.17, 15) is 55.2 Å². The van der Waals surface area contributed by atoms with E-state index in [1.807, 2.05) is 0 Å². The standard InChI is InChI=1S/C24H41N3O16/c1-7(31)25-13-18(36)16(34)10(4-28)40-23(13)42-20-12(6-30)41-24(14(19(20)37)26-8(2)32)43-21-15(27-9(3)33)22(38)39-11(5-29)17(21)35/h10-24,28-30,34-38H,4-6H2,1-3H3,(H,25,31)(H,26,32)(H,27,33)/t10-,11-,12-,13-,14-,15-,16+,17+,18-,19-,20+,21-,22+,23-,24-/m1/s1. The number of ether oxygens (including phenoxy) is 5. The molecule has 248 valence electrons. The lowest BCUT2D eigenvalue weighted by atomic mass is 9.93. The first-order valence-electron chi connectivity index (χ1n) is 13.5. The molecular weight excluding hydrogens is 586 g/mol. The third-order valence-electron chi connectivity index (χ3n) is 7.30. The van der Waals surface area contributed by atoms with Crippen LogP contribution in [-0.4, -0.2) is 170 Å². The monoisotopic (exact) mass is 627 g/mol.